The van der Waals surface area contributed by atoms with E-state index in [0.29, 0.717) is 12.3 Å². The summed E-state index contributed by atoms with van der Waals surface area (Å²) < 4.78 is 5.42. The fourth-order valence-corrected chi connectivity index (χ4v) is 1.08. The third-order valence-electron chi connectivity index (χ3n) is 1.72. The molecule has 0 amide bonds. The quantitative estimate of drug-likeness (QED) is 0.693. The van der Waals surface area contributed by atoms with Crippen LogP contribution >= 0.6 is 0 Å². The highest BCUT2D eigenvalue weighted by Gasteiger charge is 2.02. The van der Waals surface area contributed by atoms with E-state index in [-0.39, 0.29) is 6.61 Å². The van der Waals surface area contributed by atoms with Crippen molar-refractivity contribution in [3.63, 3.8) is 0 Å². The average Bonchev–Trinajstić information content (AvgIpc) is 2.16. The van der Waals surface area contributed by atoms with E-state index in [1.807, 2.05) is 6.92 Å². The van der Waals surface area contributed by atoms with Crippen LogP contribution in [-0.4, -0.2) is 11.7 Å². The van der Waals surface area contributed by atoms with Crippen LogP contribution in [0.1, 0.15) is 18.9 Å². The molecule has 0 aliphatic carbocycles. The number of hydrogen-bond donors (Lipinski definition) is 2. The first kappa shape index (κ1) is 9.86. The molecule has 1 aromatic rings. The number of rotatable bonds is 4. The maximum Gasteiger partial charge on any atom is 0.124 e. The summed E-state index contributed by atoms with van der Waals surface area (Å²) in [5.74, 6) is 0.721. The summed E-state index contributed by atoms with van der Waals surface area (Å²) in [4.78, 5) is 0. The van der Waals surface area contributed by atoms with Crippen molar-refractivity contribution in [3.05, 3.63) is 23.8 Å². The molecule has 13 heavy (non-hydrogen) atoms. The smallest absolute Gasteiger partial charge is 0.124 e. The molecule has 0 aliphatic rings. The summed E-state index contributed by atoms with van der Waals surface area (Å²) >= 11 is 0. The number of nitrogen functional groups attached to an aromatic ring is 1. The molecule has 1 aromatic carbocycles. The number of nitrogens with two attached hydrogens (primary N) is 1. The number of benzene rings is 1. The minimum atomic E-state index is -0.0376. The van der Waals surface area contributed by atoms with Gasteiger partial charge in [0, 0.05) is 11.3 Å². The predicted molar refractivity (Wildman–Crippen MR) is 52.6 cm³/mol. The first-order valence-corrected chi connectivity index (χ1v) is 4.40. The molecule has 1 rings (SSSR count). The van der Waals surface area contributed by atoms with Gasteiger partial charge in [-0.1, -0.05) is 6.92 Å². The van der Waals surface area contributed by atoms with Crippen LogP contribution in [0.3, 0.4) is 0 Å². The summed E-state index contributed by atoms with van der Waals surface area (Å²) in [5, 5.41) is 9.01. The van der Waals surface area contributed by atoms with Crippen LogP contribution in [0, 0.1) is 0 Å². The first-order valence-electron chi connectivity index (χ1n) is 4.40. The van der Waals surface area contributed by atoms with Crippen LogP contribution in [0.4, 0.5) is 5.69 Å². The average molecular weight is 181 g/mol. The fraction of sp³-hybridized carbons (Fsp3) is 0.400. The lowest BCUT2D eigenvalue weighted by molar-refractivity contribution is 0.263. The SMILES string of the molecule is CCCOc1ccc(N)cc1CO. The lowest BCUT2D eigenvalue weighted by atomic mass is 10.2. The second-order valence-corrected chi connectivity index (χ2v) is 2.87. The van der Waals surface area contributed by atoms with E-state index in [9.17, 15) is 0 Å². The lowest BCUT2D eigenvalue weighted by Gasteiger charge is -2.09. The predicted octanol–water partition coefficient (Wildman–Crippen LogP) is 1.55. The highest BCUT2D eigenvalue weighted by molar-refractivity contribution is 5.47. The maximum absolute atomic E-state index is 9.01. The van der Waals surface area contributed by atoms with Crippen LogP contribution in [0.15, 0.2) is 18.2 Å². The van der Waals surface area contributed by atoms with E-state index in [0.717, 1.165) is 17.7 Å². The Morgan fingerprint density at radius 3 is 2.85 bits per heavy atom. The third-order valence-corrected chi connectivity index (χ3v) is 1.72. The van der Waals surface area contributed by atoms with Crippen molar-refractivity contribution in [2.75, 3.05) is 12.3 Å². The third kappa shape index (κ3) is 2.63. The van der Waals surface area contributed by atoms with Gasteiger partial charge in [0.1, 0.15) is 5.75 Å². The molecule has 3 heteroatoms. The van der Waals surface area contributed by atoms with Gasteiger partial charge in [-0.25, -0.2) is 0 Å². The van der Waals surface area contributed by atoms with Crippen molar-refractivity contribution in [2.45, 2.75) is 20.0 Å². The van der Waals surface area contributed by atoms with Gasteiger partial charge in [0.05, 0.1) is 13.2 Å². The fourth-order valence-electron chi connectivity index (χ4n) is 1.08. The zero-order valence-electron chi connectivity index (χ0n) is 7.79. The van der Waals surface area contributed by atoms with Crippen LogP contribution in [0.2, 0.25) is 0 Å². The van der Waals surface area contributed by atoms with Crippen LogP contribution in [-0.2, 0) is 6.61 Å². The Kier molecular flexibility index (Phi) is 3.58. The molecule has 0 spiro atoms. The molecule has 3 N–H and O–H groups in total. The Morgan fingerprint density at radius 2 is 2.23 bits per heavy atom. The Labute approximate surface area is 78.1 Å². The van der Waals surface area contributed by atoms with Gasteiger partial charge in [-0.3, -0.25) is 0 Å². The lowest BCUT2D eigenvalue weighted by Crippen LogP contribution is -1.99. The maximum atomic E-state index is 9.01. The van der Waals surface area contributed by atoms with E-state index in [1.165, 1.54) is 0 Å². The summed E-state index contributed by atoms with van der Waals surface area (Å²) in [6, 6.07) is 5.28. The molecule has 0 aromatic heterocycles. The molecule has 72 valence electrons. The van der Waals surface area contributed by atoms with Gasteiger partial charge >= 0.3 is 0 Å². The number of hydrogen-bond acceptors (Lipinski definition) is 3. The van der Waals surface area contributed by atoms with Crippen molar-refractivity contribution in [1.29, 1.82) is 0 Å². The van der Waals surface area contributed by atoms with Gasteiger partial charge < -0.3 is 15.6 Å². The van der Waals surface area contributed by atoms with E-state index in [1.54, 1.807) is 18.2 Å². The minimum absolute atomic E-state index is 0.0376. The van der Waals surface area contributed by atoms with Gasteiger partial charge in [0.2, 0.25) is 0 Å². The Balaban J connectivity index is 2.79. The second-order valence-electron chi connectivity index (χ2n) is 2.87. The van der Waals surface area contributed by atoms with Gasteiger partial charge in [0.25, 0.3) is 0 Å². The van der Waals surface area contributed by atoms with E-state index in [2.05, 4.69) is 0 Å². The molecule has 0 radical (unpaired) electrons. The molecule has 0 unspecified atom stereocenters. The molecular formula is C10H15NO2. The molecule has 0 bridgehead atoms. The Morgan fingerprint density at radius 1 is 1.46 bits per heavy atom. The summed E-state index contributed by atoms with van der Waals surface area (Å²) in [6.07, 6.45) is 0.954. The molecule has 0 atom stereocenters. The number of aliphatic hydroxyl groups excluding tert-OH is 1. The highest BCUT2D eigenvalue weighted by Crippen LogP contribution is 2.21. The van der Waals surface area contributed by atoms with Crippen LogP contribution < -0.4 is 10.5 Å². The monoisotopic (exact) mass is 181 g/mol. The number of aliphatic hydroxyl groups is 1. The molecule has 0 saturated heterocycles. The first-order chi connectivity index (χ1) is 6.27. The second kappa shape index (κ2) is 4.72. The van der Waals surface area contributed by atoms with Crippen molar-refractivity contribution >= 4 is 5.69 Å². The van der Waals surface area contributed by atoms with E-state index >= 15 is 0 Å². The van der Waals surface area contributed by atoms with Crippen LogP contribution in [0.5, 0.6) is 5.75 Å². The van der Waals surface area contributed by atoms with Gasteiger partial charge in [-0.2, -0.15) is 0 Å². The van der Waals surface area contributed by atoms with Gasteiger partial charge in [0.15, 0.2) is 0 Å². The molecule has 0 fully saturated rings. The van der Waals surface area contributed by atoms with Crippen molar-refractivity contribution < 1.29 is 9.84 Å². The zero-order valence-corrected chi connectivity index (χ0v) is 7.79. The number of ether oxygens (including phenoxy) is 1. The van der Waals surface area contributed by atoms with Crippen molar-refractivity contribution in [2.24, 2.45) is 0 Å². The topological polar surface area (TPSA) is 55.5 Å². The normalized spacial score (nSPS) is 10.0. The Bertz CT molecular complexity index is 274. The molecular weight excluding hydrogens is 166 g/mol. The highest BCUT2D eigenvalue weighted by atomic mass is 16.5. The van der Waals surface area contributed by atoms with Gasteiger partial charge in [-0.15, -0.1) is 0 Å². The van der Waals surface area contributed by atoms with Crippen LogP contribution in [0.25, 0.3) is 0 Å². The van der Waals surface area contributed by atoms with E-state index < -0.39 is 0 Å². The molecule has 3 nitrogen and oxygen atoms in total. The summed E-state index contributed by atoms with van der Waals surface area (Å²) in [6.45, 7) is 2.66. The van der Waals surface area contributed by atoms with Crippen molar-refractivity contribution in [3.8, 4) is 5.75 Å². The molecule has 0 saturated carbocycles. The molecule has 0 heterocycles. The summed E-state index contributed by atoms with van der Waals surface area (Å²) in [7, 11) is 0. The van der Waals surface area contributed by atoms with Gasteiger partial charge in [-0.05, 0) is 24.6 Å². The standard InChI is InChI=1S/C10H15NO2/c1-2-5-13-10-4-3-9(11)6-8(10)7-12/h3-4,6,12H,2,5,7,11H2,1H3. The molecule has 0 aliphatic heterocycles. The number of anilines is 1. The van der Waals surface area contributed by atoms with E-state index in [4.69, 9.17) is 15.6 Å². The minimum Gasteiger partial charge on any atom is -0.493 e. The largest absolute Gasteiger partial charge is 0.493 e. The van der Waals surface area contributed by atoms with Crippen molar-refractivity contribution in [1.82, 2.24) is 0 Å². The zero-order chi connectivity index (χ0) is 9.68. The summed E-state index contributed by atoms with van der Waals surface area (Å²) in [5.41, 5.74) is 6.96. The Hall–Kier alpha value is -1.22.